The van der Waals surface area contributed by atoms with Gasteiger partial charge in [-0.2, -0.15) is 0 Å². The van der Waals surface area contributed by atoms with Crippen molar-refractivity contribution in [2.24, 2.45) is 5.41 Å². The summed E-state index contributed by atoms with van der Waals surface area (Å²) in [6, 6.07) is 0. The minimum absolute atomic E-state index is 0.173. The van der Waals surface area contributed by atoms with Crippen LogP contribution in [-0.4, -0.2) is 49.2 Å². The van der Waals surface area contributed by atoms with Gasteiger partial charge in [-0.3, -0.25) is 4.79 Å². The zero-order chi connectivity index (χ0) is 13.9. The summed E-state index contributed by atoms with van der Waals surface area (Å²) in [6.45, 7) is 10.3. The first-order chi connectivity index (χ1) is 9.02. The fraction of sp³-hybridized carbons (Fsp3) is 0.933. The van der Waals surface area contributed by atoms with E-state index in [1.807, 2.05) is 0 Å². The summed E-state index contributed by atoms with van der Waals surface area (Å²) in [4.78, 5) is 15.2. The number of carbonyl (C=O) groups is 1. The van der Waals surface area contributed by atoms with Gasteiger partial charge in [-0.1, -0.05) is 13.3 Å². The molecule has 0 radical (unpaired) electrons. The van der Waals surface area contributed by atoms with Crippen LogP contribution < -0.4 is 5.32 Å². The number of ether oxygens (including phenoxy) is 1. The van der Waals surface area contributed by atoms with Gasteiger partial charge in [-0.15, -0.1) is 0 Å². The Balaban J connectivity index is 2.18. The van der Waals surface area contributed by atoms with Crippen LogP contribution in [0.5, 0.6) is 0 Å². The molecule has 0 aromatic carbocycles. The van der Waals surface area contributed by atoms with E-state index in [0.717, 1.165) is 45.3 Å². The third kappa shape index (κ3) is 2.95. The highest BCUT2D eigenvalue weighted by Gasteiger charge is 2.45. The summed E-state index contributed by atoms with van der Waals surface area (Å²) >= 11 is 0. The Bertz CT molecular complexity index is 317. The van der Waals surface area contributed by atoms with Gasteiger partial charge in [0.15, 0.2) is 0 Å². The molecule has 0 aromatic heterocycles. The summed E-state index contributed by atoms with van der Waals surface area (Å²) in [5, 5.41) is 3.43. The minimum Gasteiger partial charge on any atom is -0.377 e. The van der Waals surface area contributed by atoms with Gasteiger partial charge in [0.2, 0.25) is 5.91 Å². The van der Waals surface area contributed by atoms with Crippen LogP contribution in [0.1, 0.15) is 46.5 Å². The third-order valence-electron chi connectivity index (χ3n) is 4.54. The third-order valence-corrected chi connectivity index (χ3v) is 4.54. The summed E-state index contributed by atoms with van der Waals surface area (Å²) in [5.41, 5.74) is -0.352. The van der Waals surface area contributed by atoms with E-state index in [4.69, 9.17) is 4.74 Å². The van der Waals surface area contributed by atoms with Gasteiger partial charge in [0.25, 0.3) is 0 Å². The molecule has 0 saturated carbocycles. The molecular weight excluding hydrogens is 240 g/mol. The molecule has 1 atom stereocenters. The second kappa shape index (κ2) is 5.80. The molecule has 19 heavy (non-hydrogen) atoms. The summed E-state index contributed by atoms with van der Waals surface area (Å²) in [7, 11) is 0. The topological polar surface area (TPSA) is 41.6 Å². The molecule has 2 fully saturated rings. The van der Waals surface area contributed by atoms with E-state index < -0.39 is 0 Å². The SMILES string of the molecule is CCCC1(C(=O)N2CCOCC2(C)C)CCCNC1. The van der Waals surface area contributed by atoms with Crippen molar-refractivity contribution in [3.8, 4) is 0 Å². The van der Waals surface area contributed by atoms with Crippen molar-refractivity contribution in [2.45, 2.75) is 52.0 Å². The maximum absolute atomic E-state index is 13.1. The van der Waals surface area contributed by atoms with Crippen molar-refractivity contribution < 1.29 is 9.53 Å². The predicted molar refractivity (Wildman–Crippen MR) is 76.1 cm³/mol. The van der Waals surface area contributed by atoms with Crippen LogP contribution in [0.3, 0.4) is 0 Å². The molecule has 110 valence electrons. The van der Waals surface area contributed by atoms with Crippen LogP contribution in [0.4, 0.5) is 0 Å². The van der Waals surface area contributed by atoms with Crippen LogP contribution in [-0.2, 0) is 9.53 Å². The molecule has 0 spiro atoms. The highest BCUT2D eigenvalue weighted by atomic mass is 16.5. The van der Waals surface area contributed by atoms with Gasteiger partial charge in [0.05, 0.1) is 24.2 Å². The van der Waals surface area contributed by atoms with Crippen molar-refractivity contribution in [3.05, 3.63) is 0 Å². The van der Waals surface area contributed by atoms with Gasteiger partial charge >= 0.3 is 0 Å². The molecular formula is C15H28N2O2. The van der Waals surface area contributed by atoms with Crippen LogP contribution >= 0.6 is 0 Å². The average Bonchev–Trinajstić information content (AvgIpc) is 2.39. The molecule has 2 rings (SSSR count). The lowest BCUT2D eigenvalue weighted by atomic mass is 9.75. The molecule has 4 nitrogen and oxygen atoms in total. The van der Waals surface area contributed by atoms with E-state index in [-0.39, 0.29) is 11.0 Å². The van der Waals surface area contributed by atoms with E-state index in [0.29, 0.717) is 19.1 Å². The zero-order valence-electron chi connectivity index (χ0n) is 12.6. The Morgan fingerprint density at radius 2 is 2.21 bits per heavy atom. The van der Waals surface area contributed by atoms with Gasteiger partial charge < -0.3 is 15.0 Å². The molecule has 1 N–H and O–H groups in total. The molecule has 2 aliphatic heterocycles. The second-order valence-corrected chi connectivity index (χ2v) is 6.63. The molecule has 0 bridgehead atoms. The van der Waals surface area contributed by atoms with Crippen LogP contribution in [0, 0.1) is 5.41 Å². The fourth-order valence-corrected chi connectivity index (χ4v) is 3.47. The van der Waals surface area contributed by atoms with Crippen molar-refractivity contribution in [1.29, 1.82) is 0 Å². The number of rotatable bonds is 3. The normalized spacial score (nSPS) is 31.2. The molecule has 2 heterocycles. The first kappa shape index (κ1) is 14.8. The van der Waals surface area contributed by atoms with Gasteiger partial charge in [0.1, 0.15) is 0 Å². The standard InChI is InChI=1S/C15H28N2O2/c1-4-6-15(7-5-8-16-11-15)13(18)17-9-10-19-12-14(17,2)3/h16H,4-12H2,1-3H3. The van der Waals surface area contributed by atoms with Crippen molar-refractivity contribution >= 4 is 5.91 Å². The zero-order valence-corrected chi connectivity index (χ0v) is 12.6. The van der Waals surface area contributed by atoms with E-state index in [1.54, 1.807) is 0 Å². The van der Waals surface area contributed by atoms with Crippen molar-refractivity contribution in [3.63, 3.8) is 0 Å². The lowest BCUT2D eigenvalue weighted by Gasteiger charge is -2.48. The minimum atomic E-state index is -0.179. The lowest BCUT2D eigenvalue weighted by Crippen LogP contribution is -2.61. The Labute approximate surface area is 116 Å². The molecule has 1 unspecified atom stereocenters. The summed E-state index contributed by atoms with van der Waals surface area (Å²) in [6.07, 6.45) is 4.20. The Morgan fingerprint density at radius 3 is 2.79 bits per heavy atom. The maximum atomic E-state index is 13.1. The maximum Gasteiger partial charge on any atom is 0.230 e. The quantitative estimate of drug-likeness (QED) is 0.848. The van der Waals surface area contributed by atoms with Crippen molar-refractivity contribution in [2.75, 3.05) is 32.8 Å². The number of hydrogen-bond donors (Lipinski definition) is 1. The Kier molecular flexibility index (Phi) is 4.51. The monoisotopic (exact) mass is 268 g/mol. The number of piperidine rings is 1. The number of nitrogens with one attached hydrogen (secondary N) is 1. The molecule has 2 aliphatic rings. The number of amides is 1. The highest BCUT2D eigenvalue weighted by Crippen LogP contribution is 2.36. The predicted octanol–water partition coefficient (Wildman–Crippen LogP) is 1.79. The number of hydrogen-bond acceptors (Lipinski definition) is 3. The van der Waals surface area contributed by atoms with E-state index in [9.17, 15) is 4.79 Å². The van der Waals surface area contributed by atoms with Crippen LogP contribution in [0.15, 0.2) is 0 Å². The van der Waals surface area contributed by atoms with E-state index in [1.165, 1.54) is 0 Å². The second-order valence-electron chi connectivity index (χ2n) is 6.63. The molecule has 1 amide bonds. The first-order valence-electron chi connectivity index (χ1n) is 7.62. The molecule has 0 aromatic rings. The molecule has 2 saturated heterocycles. The Hall–Kier alpha value is -0.610. The van der Waals surface area contributed by atoms with Gasteiger partial charge in [-0.05, 0) is 39.7 Å². The van der Waals surface area contributed by atoms with E-state index in [2.05, 4.69) is 31.0 Å². The molecule has 4 heteroatoms. The largest absolute Gasteiger partial charge is 0.377 e. The Morgan fingerprint density at radius 1 is 1.42 bits per heavy atom. The lowest BCUT2D eigenvalue weighted by molar-refractivity contribution is -0.159. The number of nitrogens with zero attached hydrogens (tertiary/aromatic N) is 1. The van der Waals surface area contributed by atoms with Crippen LogP contribution in [0.2, 0.25) is 0 Å². The average molecular weight is 268 g/mol. The first-order valence-corrected chi connectivity index (χ1v) is 7.62. The molecule has 0 aliphatic carbocycles. The summed E-state index contributed by atoms with van der Waals surface area (Å²) < 4.78 is 5.54. The van der Waals surface area contributed by atoms with Crippen molar-refractivity contribution in [1.82, 2.24) is 10.2 Å². The highest BCUT2D eigenvalue weighted by molar-refractivity contribution is 5.84. The van der Waals surface area contributed by atoms with Gasteiger partial charge in [-0.25, -0.2) is 0 Å². The fourth-order valence-electron chi connectivity index (χ4n) is 3.47. The smallest absolute Gasteiger partial charge is 0.230 e. The van der Waals surface area contributed by atoms with Crippen LogP contribution in [0.25, 0.3) is 0 Å². The van der Waals surface area contributed by atoms with Gasteiger partial charge in [0, 0.05) is 13.1 Å². The summed E-state index contributed by atoms with van der Waals surface area (Å²) in [5.74, 6) is 0.342. The van der Waals surface area contributed by atoms with E-state index >= 15 is 0 Å². The number of carbonyl (C=O) groups excluding carboxylic acids is 1. The number of morpholine rings is 1.